The zero-order chi connectivity index (χ0) is 13.0. The predicted molar refractivity (Wildman–Crippen MR) is 68.7 cm³/mol. The van der Waals surface area contributed by atoms with E-state index >= 15 is 0 Å². The molecule has 0 amide bonds. The smallest absolute Gasteiger partial charge is 0.309 e. The van der Waals surface area contributed by atoms with E-state index in [2.05, 4.69) is 16.0 Å². The molecule has 4 heteroatoms. The van der Waals surface area contributed by atoms with Crippen molar-refractivity contribution in [1.82, 2.24) is 9.97 Å². The summed E-state index contributed by atoms with van der Waals surface area (Å²) in [5.74, 6) is 0.712. The summed E-state index contributed by atoms with van der Waals surface area (Å²) >= 11 is 0. The molecule has 0 fully saturated rings. The van der Waals surface area contributed by atoms with Crippen LogP contribution in [0.3, 0.4) is 0 Å². The number of carbonyl (C=O) groups excluding carboxylic acids is 1. The molecule has 1 unspecified atom stereocenters. The maximum atomic E-state index is 11.6. The van der Waals surface area contributed by atoms with Gasteiger partial charge in [0.1, 0.15) is 5.82 Å². The lowest BCUT2D eigenvalue weighted by Crippen LogP contribution is -2.19. The van der Waals surface area contributed by atoms with Crippen LogP contribution in [0, 0.1) is 12.8 Å². The van der Waals surface area contributed by atoms with Gasteiger partial charge in [0.2, 0.25) is 0 Å². The van der Waals surface area contributed by atoms with Gasteiger partial charge in [0.25, 0.3) is 0 Å². The highest BCUT2D eigenvalue weighted by molar-refractivity contribution is 5.75. The third kappa shape index (κ3) is 2.94. The molecule has 0 N–H and O–H groups in total. The number of hydrogen-bond donors (Lipinski definition) is 0. The first-order valence-corrected chi connectivity index (χ1v) is 6.36. The van der Waals surface area contributed by atoms with Crippen molar-refractivity contribution in [2.45, 2.75) is 33.1 Å². The van der Waals surface area contributed by atoms with E-state index in [1.165, 1.54) is 5.57 Å². The fourth-order valence-corrected chi connectivity index (χ4v) is 2.18. The Morgan fingerprint density at radius 1 is 1.56 bits per heavy atom. The van der Waals surface area contributed by atoms with Crippen molar-refractivity contribution < 1.29 is 9.53 Å². The predicted octanol–water partition coefficient (Wildman–Crippen LogP) is 2.53. The summed E-state index contributed by atoms with van der Waals surface area (Å²) in [7, 11) is 0. The summed E-state index contributed by atoms with van der Waals surface area (Å²) in [4.78, 5) is 20.1. The number of nitrogens with zero attached hydrogens (tertiary/aromatic N) is 2. The van der Waals surface area contributed by atoms with Gasteiger partial charge in [0.15, 0.2) is 0 Å². The average Bonchev–Trinajstić information content (AvgIpc) is 2.39. The molecule has 1 aromatic heterocycles. The third-order valence-corrected chi connectivity index (χ3v) is 3.14. The van der Waals surface area contributed by atoms with Crippen molar-refractivity contribution in [2.75, 3.05) is 6.61 Å². The molecule has 0 aliphatic heterocycles. The molecule has 0 saturated carbocycles. The van der Waals surface area contributed by atoms with Crippen LogP contribution in [0.2, 0.25) is 0 Å². The maximum Gasteiger partial charge on any atom is 0.309 e. The highest BCUT2D eigenvalue weighted by atomic mass is 16.5. The lowest BCUT2D eigenvalue weighted by molar-refractivity contribution is -0.148. The summed E-state index contributed by atoms with van der Waals surface area (Å²) in [6.45, 7) is 4.18. The maximum absolute atomic E-state index is 11.6. The van der Waals surface area contributed by atoms with Crippen molar-refractivity contribution in [3.63, 3.8) is 0 Å². The Morgan fingerprint density at radius 3 is 3.00 bits per heavy atom. The van der Waals surface area contributed by atoms with Crippen LogP contribution >= 0.6 is 0 Å². The van der Waals surface area contributed by atoms with Gasteiger partial charge in [-0.25, -0.2) is 9.97 Å². The number of rotatable bonds is 3. The van der Waals surface area contributed by atoms with E-state index in [4.69, 9.17) is 4.74 Å². The molecule has 1 heterocycles. The fraction of sp³-hybridized carbons (Fsp3) is 0.500. The molecule has 1 aromatic rings. The number of allylic oxidation sites excluding steroid dienone is 2. The molecule has 4 nitrogen and oxygen atoms in total. The Balaban J connectivity index is 2.05. The standard InChI is InChI=1S/C14H18N2O2/c1-3-18-14(17)12-6-4-11(5-7-12)13-8-9-15-10(2)16-13/h4,8-9,12H,3,5-7H2,1-2H3. The van der Waals surface area contributed by atoms with Crippen LogP contribution in [0.4, 0.5) is 0 Å². The second kappa shape index (κ2) is 5.76. The Labute approximate surface area is 107 Å². The summed E-state index contributed by atoms with van der Waals surface area (Å²) < 4.78 is 5.05. The zero-order valence-corrected chi connectivity index (χ0v) is 10.8. The molecule has 18 heavy (non-hydrogen) atoms. The van der Waals surface area contributed by atoms with Crippen LogP contribution in [0.1, 0.15) is 37.7 Å². The number of aryl methyl sites for hydroxylation is 1. The van der Waals surface area contributed by atoms with E-state index in [0.717, 1.165) is 30.8 Å². The molecular formula is C14H18N2O2. The van der Waals surface area contributed by atoms with Gasteiger partial charge < -0.3 is 4.74 Å². The molecular weight excluding hydrogens is 228 g/mol. The van der Waals surface area contributed by atoms with Gasteiger partial charge in [-0.2, -0.15) is 0 Å². The largest absolute Gasteiger partial charge is 0.466 e. The number of carbonyl (C=O) groups is 1. The van der Waals surface area contributed by atoms with Crippen LogP contribution in [-0.4, -0.2) is 22.5 Å². The van der Waals surface area contributed by atoms with E-state index < -0.39 is 0 Å². The molecule has 96 valence electrons. The Morgan fingerprint density at radius 2 is 2.39 bits per heavy atom. The molecule has 0 radical (unpaired) electrons. The summed E-state index contributed by atoms with van der Waals surface area (Å²) in [5, 5.41) is 0. The number of aromatic nitrogens is 2. The highest BCUT2D eigenvalue weighted by Crippen LogP contribution is 2.29. The topological polar surface area (TPSA) is 52.1 Å². The third-order valence-electron chi connectivity index (χ3n) is 3.14. The van der Waals surface area contributed by atoms with Crippen molar-refractivity contribution in [3.8, 4) is 0 Å². The molecule has 1 aliphatic rings. The van der Waals surface area contributed by atoms with Crippen molar-refractivity contribution in [3.05, 3.63) is 29.9 Å². The molecule has 1 atom stereocenters. The van der Waals surface area contributed by atoms with Crippen molar-refractivity contribution >= 4 is 11.5 Å². The number of hydrogen-bond acceptors (Lipinski definition) is 4. The Hall–Kier alpha value is -1.71. The normalized spacial score (nSPS) is 19.2. The number of ether oxygens (including phenoxy) is 1. The summed E-state index contributed by atoms with van der Waals surface area (Å²) in [5.41, 5.74) is 2.19. The van der Waals surface area contributed by atoms with Crippen LogP contribution in [-0.2, 0) is 9.53 Å². The number of esters is 1. The average molecular weight is 246 g/mol. The minimum Gasteiger partial charge on any atom is -0.466 e. The first kappa shape index (κ1) is 12.7. The van der Waals surface area contributed by atoms with Crippen LogP contribution in [0.5, 0.6) is 0 Å². The van der Waals surface area contributed by atoms with Crippen molar-refractivity contribution in [1.29, 1.82) is 0 Å². The Bertz CT molecular complexity index is 469. The quantitative estimate of drug-likeness (QED) is 0.769. The van der Waals surface area contributed by atoms with Gasteiger partial charge in [0, 0.05) is 6.20 Å². The van der Waals surface area contributed by atoms with Gasteiger partial charge in [-0.3, -0.25) is 4.79 Å². The highest BCUT2D eigenvalue weighted by Gasteiger charge is 2.23. The zero-order valence-electron chi connectivity index (χ0n) is 10.8. The molecule has 0 aromatic carbocycles. The molecule has 0 saturated heterocycles. The summed E-state index contributed by atoms with van der Waals surface area (Å²) in [6.07, 6.45) is 6.34. The minimum absolute atomic E-state index is 0.0108. The molecule has 0 bridgehead atoms. The summed E-state index contributed by atoms with van der Waals surface area (Å²) in [6, 6.07) is 1.92. The van der Waals surface area contributed by atoms with Gasteiger partial charge >= 0.3 is 5.97 Å². The van der Waals surface area contributed by atoms with Gasteiger partial charge in [-0.05, 0) is 44.7 Å². The first-order chi connectivity index (χ1) is 8.70. The van der Waals surface area contributed by atoms with Crippen molar-refractivity contribution in [2.24, 2.45) is 5.92 Å². The van der Waals surface area contributed by atoms with Crippen LogP contribution < -0.4 is 0 Å². The van der Waals surface area contributed by atoms with Crippen LogP contribution in [0.15, 0.2) is 18.3 Å². The lowest BCUT2D eigenvalue weighted by Gasteiger charge is -2.20. The SMILES string of the molecule is CCOC(=O)C1CC=C(c2ccnc(C)n2)CC1. The van der Waals surface area contributed by atoms with Gasteiger partial charge in [-0.1, -0.05) is 6.08 Å². The molecule has 2 rings (SSSR count). The minimum atomic E-state index is -0.0772. The van der Waals surface area contributed by atoms with Crippen LogP contribution in [0.25, 0.3) is 5.57 Å². The second-order valence-electron chi connectivity index (χ2n) is 4.44. The molecule has 0 spiro atoms. The first-order valence-electron chi connectivity index (χ1n) is 6.36. The monoisotopic (exact) mass is 246 g/mol. The van der Waals surface area contributed by atoms with E-state index in [9.17, 15) is 4.79 Å². The van der Waals surface area contributed by atoms with E-state index in [-0.39, 0.29) is 11.9 Å². The van der Waals surface area contributed by atoms with E-state index in [1.807, 2.05) is 19.9 Å². The van der Waals surface area contributed by atoms with Gasteiger partial charge in [0.05, 0.1) is 18.2 Å². The van der Waals surface area contributed by atoms with Gasteiger partial charge in [-0.15, -0.1) is 0 Å². The Kier molecular flexibility index (Phi) is 4.07. The molecule has 1 aliphatic carbocycles. The second-order valence-corrected chi connectivity index (χ2v) is 4.44. The fourth-order valence-electron chi connectivity index (χ4n) is 2.18. The van der Waals surface area contributed by atoms with E-state index in [1.54, 1.807) is 6.20 Å². The van der Waals surface area contributed by atoms with E-state index in [0.29, 0.717) is 6.61 Å². The lowest BCUT2D eigenvalue weighted by atomic mass is 9.88.